The number of imidazole rings is 1. The number of aromatic nitrogens is 4. The molecule has 0 aliphatic heterocycles. The summed E-state index contributed by atoms with van der Waals surface area (Å²) < 4.78 is 3.63. The summed E-state index contributed by atoms with van der Waals surface area (Å²) in [5.74, 6) is 0. The topological polar surface area (TPSA) is 55.9 Å². The van der Waals surface area contributed by atoms with E-state index in [1.165, 1.54) is 0 Å². The van der Waals surface area contributed by atoms with Crippen molar-refractivity contribution in [3.05, 3.63) is 34.6 Å². The maximum Gasteiger partial charge on any atom is 0.0954 e. The van der Waals surface area contributed by atoms with E-state index in [0.717, 1.165) is 11.4 Å². The van der Waals surface area contributed by atoms with E-state index < -0.39 is 0 Å². The molecule has 0 saturated carbocycles. The third kappa shape index (κ3) is 1.96. The highest BCUT2D eigenvalue weighted by Crippen LogP contribution is 2.20. The maximum atomic E-state index is 8.91. The van der Waals surface area contributed by atoms with Crippen LogP contribution in [0.3, 0.4) is 0 Å². The van der Waals surface area contributed by atoms with Crippen LogP contribution in [0.1, 0.15) is 17.1 Å². The van der Waals surface area contributed by atoms with Crippen LogP contribution < -0.4 is 0 Å². The molecule has 0 amide bonds. The standard InChI is InChI=1S/C10H13ClN4O/c1-7-10(11)9(14(2)13-7)4-15-3-8(5-16)12-6-15/h3,6,16H,4-5H2,1-2H3. The van der Waals surface area contributed by atoms with Crippen LogP contribution in [-0.2, 0) is 20.2 Å². The smallest absolute Gasteiger partial charge is 0.0954 e. The van der Waals surface area contributed by atoms with Crippen LogP contribution >= 0.6 is 11.6 Å². The van der Waals surface area contributed by atoms with Crippen molar-refractivity contribution in [3.8, 4) is 0 Å². The number of aliphatic hydroxyl groups is 1. The molecule has 0 fully saturated rings. The molecule has 2 aromatic heterocycles. The summed E-state index contributed by atoms with van der Waals surface area (Å²) >= 11 is 6.14. The van der Waals surface area contributed by atoms with Gasteiger partial charge in [-0.3, -0.25) is 4.68 Å². The van der Waals surface area contributed by atoms with Crippen LogP contribution in [0.5, 0.6) is 0 Å². The molecule has 0 aliphatic rings. The van der Waals surface area contributed by atoms with Crippen LogP contribution in [0.2, 0.25) is 5.02 Å². The van der Waals surface area contributed by atoms with Crippen molar-refractivity contribution in [2.24, 2.45) is 7.05 Å². The summed E-state index contributed by atoms with van der Waals surface area (Å²) in [6.07, 6.45) is 3.46. The van der Waals surface area contributed by atoms with E-state index in [4.69, 9.17) is 16.7 Å². The quantitative estimate of drug-likeness (QED) is 0.875. The van der Waals surface area contributed by atoms with E-state index in [2.05, 4.69) is 10.1 Å². The Morgan fingerprint density at radius 3 is 2.75 bits per heavy atom. The van der Waals surface area contributed by atoms with Gasteiger partial charge in [-0.15, -0.1) is 0 Å². The van der Waals surface area contributed by atoms with E-state index in [-0.39, 0.29) is 6.61 Å². The molecule has 5 nitrogen and oxygen atoms in total. The monoisotopic (exact) mass is 240 g/mol. The second-order valence-electron chi connectivity index (χ2n) is 3.67. The van der Waals surface area contributed by atoms with Gasteiger partial charge in [-0.05, 0) is 6.92 Å². The first-order valence-corrected chi connectivity index (χ1v) is 5.29. The zero-order chi connectivity index (χ0) is 11.7. The average molecular weight is 241 g/mol. The lowest BCUT2D eigenvalue weighted by Crippen LogP contribution is -2.04. The molecular weight excluding hydrogens is 228 g/mol. The van der Waals surface area contributed by atoms with Crippen LogP contribution in [0.4, 0.5) is 0 Å². The second kappa shape index (κ2) is 4.27. The molecule has 6 heteroatoms. The second-order valence-corrected chi connectivity index (χ2v) is 4.04. The van der Waals surface area contributed by atoms with Gasteiger partial charge < -0.3 is 9.67 Å². The fraction of sp³-hybridized carbons (Fsp3) is 0.400. The first-order chi connectivity index (χ1) is 7.61. The summed E-state index contributed by atoms with van der Waals surface area (Å²) in [5, 5.41) is 13.8. The molecule has 0 aromatic carbocycles. The highest BCUT2D eigenvalue weighted by molar-refractivity contribution is 6.31. The van der Waals surface area contributed by atoms with Crippen molar-refractivity contribution in [1.29, 1.82) is 0 Å². The first-order valence-electron chi connectivity index (χ1n) is 4.91. The van der Waals surface area contributed by atoms with Gasteiger partial charge in [-0.2, -0.15) is 5.10 Å². The minimum atomic E-state index is -0.0504. The zero-order valence-electron chi connectivity index (χ0n) is 9.18. The average Bonchev–Trinajstić information content (AvgIpc) is 2.80. The van der Waals surface area contributed by atoms with Gasteiger partial charge in [0.15, 0.2) is 0 Å². The Labute approximate surface area is 98.3 Å². The van der Waals surface area contributed by atoms with Crippen molar-refractivity contribution in [2.45, 2.75) is 20.1 Å². The van der Waals surface area contributed by atoms with Crippen LogP contribution in [0, 0.1) is 6.92 Å². The number of aryl methyl sites for hydroxylation is 2. The van der Waals surface area contributed by atoms with Gasteiger partial charge in [0.1, 0.15) is 0 Å². The Morgan fingerprint density at radius 2 is 2.25 bits per heavy atom. The van der Waals surface area contributed by atoms with Crippen molar-refractivity contribution >= 4 is 11.6 Å². The fourth-order valence-corrected chi connectivity index (χ4v) is 1.82. The van der Waals surface area contributed by atoms with Crippen molar-refractivity contribution in [2.75, 3.05) is 0 Å². The number of halogens is 1. The molecular formula is C10H13ClN4O. The number of hydrogen-bond acceptors (Lipinski definition) is 3. The van der Waals surface area contributed by atoms with E-state index in [0.29, 0.717) is 17.3 Å². The molecule has 1 N–H and O–H groups in total. The lowest BCUT2D eigenvalue weighted by Gasteiger charge is -2.03. The van der Waals surface area contributed by atoms with E-state index in [9.17, 15) is 0 Å². The lowest BCUT2D eigenvalue weighted by molar-refractivity contribution is 0.277. The van der Waals surface area contributed by atoms with Crippen LogP contribution in [0.15, 0.2) is 12.5 Å². The molecule has 86 valence electrons. The normalized spacial score (nSPS) is 11.0. The van der Waals surface area contributed by atoms with Gasteiger partial charge in [-0.1, -0.05) is 11.6 Å². The van der Waals surface area contributed by atoms with Gasteiger partial charge in [0.05, 0.1) is 41.6 Å². The van der Waals surface area contributed by atoms with E-state index >= 15 is 0 Å². The molecule has 16 heavy (non-hydrogen) atoms. The van der Waals surface area contributed by atoms with Gasteiger partial charge in [0, 0.05) is 13.2 Å². The van der Waals surface area contributed by atoms with Crippen molar-refractivity contribution < 1.29 is 5.11 Å². The van der Waals surface area contributed by atoms with E-state index in [1.807, 2.05) is 18.5 Å². The predicted molar refractivity (Wildman–Crippen MR) is 60.2 cm³/mol. The molecule has 0 atom stereocenters. The summed E-state index contributed by atoms with van der Waals surface area (Å²) in [6.45, 7) is 2.42. The molecule has 2 rings (SSSR count). The van der Waals surface area contributed by atoms with Crippen LogP contribution in [0.25, 0.3) is 0 Å². The fourth-order valence-electron chi connectivity index (χ4n) is 1.60. The predicted octanol–water partition coefficient (Wildman–Crippen LogP) is 1.12. The largest absolute Gasteiger partial charge is 0.390 e. The summed E-state index contributed by atoms with van der Waals surface area (Å²) in [4.78, 5) is 4.04. The molecule has 0 radical (unpaired) electrons. The first kappa shape index (κ1) is 11.2. The van der Waals surface area contributed by atoms with Crippen molar-refractivity contribution in [1.82, 2.24) is 19.3 Å². The van der Waals surface area contributed by atoms with Gasteiger partial charge in [0.25, 0.3) is 0 Å². The molecule has 0 saturated heterocycles. The zero-order valence-corrected chi connectivity index (χ0v) is 9.94. The third-order valence-corrected chi connectivity index (χ3v) is 2.93. The molecule has 2 aromatic rings. The van der Waals surface area contributed by atoms with E-state index in [1.54, 1.807) is 17.2 Å². The number of rotatable bonds is 3. The Hall–Kier alpha value is -1.33. The highest BCUT2D eigenvalue weighted by atomic mass is 35.5. The minimum absolute atomic E-state index is 0.0504. The molecule has 0 spiro atoms. The minimum Gasteiger partial charge on any atom is -0.390 e. The molecule has 2 heterocycles. The molecule has 0 aliphatic carbocycles. The summed E-state index contributed by atoms with van der Waals surface area (Å²) in [5.41, 5.74) is 2.40. The SMILES string of the molecule is Cc1nn(C)c(Cn2cnc(CO)c2)c1Cl. The summed E-state index contributed by atoms with van der Waals surface area (Å²) in [6, 6.07) is 0. The van der Waals surface area contributed by atoms with Crippen molar-refractivity contribution in [3.63, 3.8) is 0 Å². The number of nitrogens with zero attached hydrogens (tertiary/aromatic N) is 4. The third-order valence-electron chi connectivity index (χ3n) is 2.44. The molecule has 0 unspecified atom stereocenters. The van der Waals surface area contributed by atoms with Crippen LogP contribution in [-0.4, -0.2) is 24.4 Å². The number of hydrogen-bond donors (Lipinski definition) is 1. The van der Waals surface area contributed by atoms with Gasteiger partial charge in [-0.25, -0.2) is 4.98 Å². The van der Waals surface area contributed by atoms with Gasteiger partial charge >= 0.3 is 0 Å². The Bertz CT molecular complexity index is 503. The van der Waals surface area contributed by atoms with Gasteiger partial charge in [0.2, 0.25) is 0 Å². The Morgan fingerprint density at radius 1 is 1.50 bits per heavy atom. The highest BCUT2D eigenvalue weighted by Gasteiger charge is 2.11. The number of aliphatic hydroxyl groups excluding tert-OH is 1. The Balaban J connectivity index is 2.26. The lowest BCUT2D eigenvalue weighted by atomic mass is 10.3. The summed E-state index contributed by atoms with van der Waals surface area (Å²) in [7, 11) is 1.86. The molecule has 0 bridgehead atoms. The maximum absolute atomic E-state index is 8.91. The Kier molecular flexibility index (Phi) is 2.98.